The molecule has 2 unspecified atom stereocenters. The van der Waals surface area contributed by atoms with Gasteiger partial charge in [-0.25, -0.2) is 18.0 Å². The molecule has 12 nitrogen and oxygen atoms in total. The largest absolute Gasteiger partial charge is 0.453 e. The third kappa shape index (κ3) is 6.26. The minimum absolute atomic E-state index is 0.0707. The Hall–Kier alpha value is -4.46. The van der Waals surface area contributed by atoms with E-state index in [2.05, 4.69) is 5.32 Å². The van der Waals surface area contributed by atoms with E-state index >= 15 is 0 Å². The quantitative estimate of drug-likeness (QED) is 0.306. The fraction of sp³-hybridized carbons (Fsp3) is 0.417. The van der Waals surface area contributed by atoms with Crippen molar-refractivity contribution in [2.75, 3.05) is 25.1 Å². The van der Waals surface area contributed by atoms with Crippen molar-refractivity contribution < 1.29 is 37.0 Å². The van der Waals surface area contributed by atoms with Crippen molar-refractivity contribution in [3.63, 3.8) is 0 Å². The maximum Gasteiger partial charge on any atom is 0.410 e. The van der Waals surface area contributed by atoms with E-state index in [0.29, 0.717) is 42.6 Å². The monoisotopic (exact) mass is 690 g/mol. The first-order valence-electron chi connectivity index (χ1n) is 16.4. The van der Waals surface area contributed by atoms with Gasteiger partial charge in [-0.05, 0) is 70.2 Å². The van der Waals surface area contributed by atoms with Gasteiger partial charge in [0.15, 0.2) is 12.5 Å². The molecule has 13 heteroatoms. The van der Waals surface area contributed by atoms with Gasteiger partial charge >= 0.3 is 12.2 Å². The number of carbonyl (C=O) groups is 3. The third-order valence-electron chi connectivity index (χ3n) is 9.11. The highest BCUT2D eigenvalue weighted by atomic mass is 32.2. The van der Waals surface area contributed by atoms with Crippen LogP contribution in [0.3, 0.4) is 0 Å². The molecule has 0 bridgehead atoms. The molecule has 3 aromatic rings. The van der Waals surface area contributed by atoms with Crippen LogP contribution in [0.4, 0.5) is 15.3 Å². The SMILES string of the molecule is COC(=O)NCCC[C@]12c3ccccc3N(C(=O)C3CCCN3C(=O)OC(C)(C)C)[C@H]1OC(c1ccccc1)N2S(=O)(=O)c1ccccc1. The van der Waals surface area contributed by atoms with E-state index in [-0.39, 0.29) is 23.8 Å². The number of methoxy groups -OCH3 is 1. The molecular formula is C36H42N4O8S. The molecule has 0 saturated carbocycles. The van der Waals surface area contributed by atoms with Crippen LogP contribution in [-0.4, -0.2) is 73.8 Å². The standard InChI is InChI=1S/C36H42N4O8S/c1-35(2,3)48-34(43)38-24-13-21-29(38)30(41)39-28-20-12-11-19-27(28)36(22-14-23-37-33(42)46-4)32(39)47-31(25-15-7-5-8-16-25)40(36)49(44,45)26-17-9-6-10-18-26/h5-12,15-20,29,31-32H,13-14,21-24H2,1-4H3,(H,37,42)/t29?,31?,32-,36-/m0/s1. The summed E-state index contributed by atoms with van der Waals surface area (Å²) in [5, 5.41) is 2.69. The molecule has 4 atom stereocenters. The van der Waals surface area contributed by atoms with Gasteiger partial charge in [0.1, 0.15) is 17.2 Å². The summed E-state index contributed by atoms with van der Waals surface area (Å²) in [4.78, 5) is 43.2. The van der Waals surface area contributed by atoms with E-state index in [1.807, 2.05) is 18.2 Å². The maximum absolute atomic E-state index is 15.0. The number of ether oxygens (including phenoxy) is 3. The van der Waals surface area contributed by atoms with Crippen LogP contribution in [0.5, 0.6) is 0 Å². The Morgan fingerprint density at radius 3 is 2.29 bits per heavy atom. The number of amides is 3. The molecule has 2 saturated heterocycles. The number of likely N-dealkylation sites (tertiary alicyclic amines) is 1. The molecule has 3 aliphatic heterocycles. The Bertz CT molecular complexity index is 1800. The molecular weight excluding hydrogens is 648 g/mol. The highest BCUT2D eigenvalue weighted by Crippen LogP contribution is 2.60. The molecule has 3 aromatic carbocycles. The molecule has 0 aromatic heterocycles. The first-order valence-corrected chi connectivity index (χ1v) is 17.9. The van der Waals surface area contributed by atoms with Crippen LogP contribution in [0, 0.1) is 0 Å². The Balaban J connectivity index is 1.51. The lowest BCUT2D eigenvalue weighted by molar-refractivity contribution is -0.126. The number of sulfonamides is 1. The maximum atomic E-state index is 15.0. The minimum Gasteiger partial charge on any atom is -0.453 e. The van der Waals surface area contributed by atoms with E-state index in [4.69, 9.17) is 14.2 Å². The lowest BCUT2D eigenvalue weighted by Gasteiger charge is -2.38. The van der Waals surface area contributed by atoms with Crippen molar-refractivity contribution in [2.45, 2.75) is 81.0 Å². The molecule has 6 rings (SSSR count). The van der Waals surface area contributed by atoms with Crippen molar-refractivity contribution in [1.82, 2.24) is 14.5 Å². The van der Waals surface area contributed by atoms with Crippen molar-refractivity contribution in [3.8, 4) is 0 Å². The third-order valence-corrected chi connectivity index (χ3v) is 11.0. The fourth-order valence-electron chi connectivity index (χ4n) is 7.13. The Kier molecular flexibility index (Phi) is 9.44. The molecule has 0 aliphatic carbocycles. The fourth-order valence-corrected chi connectivity index (χ4v) is 9.00. The molecule has 2 fully saturated rings. The number of fused-ring (bicyclic) bond motifs is 3. The number of alkyl carbamates (subject to hydrolysis) is 1. The molecule has 1 N–H and O–H groups in total. The van der Waals surface area contributed by atoms with Crippen molar-refractivity contribution in [2.24, 2.45) is 0 Å². The van der Waals surface area contributed by atoms with Crippen molar-refractivity contribution in [3.05, 3.63) is 96.1 Å². The number of hydrogen-bond donors (Lipinski definition) is 1. The first-order chi connectivity index (χ1) is 23.4. The number of anilines is 1. The smallest absolute Gasteiger partial charge is 0.410 e. The number of nitrogens with one attached hydrogen (secondary N) is 1. The molecule has 0 spiro atoms. The number of benzene rings is 3. The molecule has 49 heavy (non-hydrogen) atoms. The highest BCUT2D eigenvalue weighted by molar-refractivity contribution is 7.89. The van der Waals surface area contributed by atoms with Crippen LogP contribution in [0.25, 0.3) is 0 Å². The Labute approximate surface area is 287 Å². The number of para-hydroxylation sites is 1. The van der Waals surface area contributed by atoms with Gasteiger partial charge in [-0.2, -0.15) is 4.31 Å². The number of nitrogens with zero attached hydrogens (tertiary/aromatic N) is 3. The summed E-state index contributed by atoms with van der Waals surface area (Å²) in [7, 11) is -3.02. The molecule has 3 heterocycles. The summed E-state index contributed by atoms with van der Waals surface area (Å²) in [5.74, 6) is -0.388. The molecule has 3 aliphatic rings. The van der Waals surface area contributed by atoms with E-state index in [9.17, 15) is 22.8 Å². The van der Waals surface area contributed by atoms with Gasteiger partial charge in [0.05, 0.1) is 17.7 Å². The van der Waals surface area contributed by atoms with Gasteiger partial charge in [-0.3, -0.25) is 14.6 Å². The number of rotatable bonds is 8. The van der Waals surface area contributed by atoms with Crippen LogP contribution in [0.1, 0.15) is 63.8 Å². The zero-order valence-electron chi connectivity index (χ0n) is 28.1. The van der Waals surface area contributed by atoms with E-state index in [1.165, 1.54) is 33.3 Å². The van der Waals surface area contributed by atoms with Gasteiger partial charge < -0.3 is 19.5 Å². The van der Waals surface area contributed by atoms with E-state index in [0.717, 1.165) is 0 Å². The predicted octanol–water partition coefficient (Wildman–Crippen LogP) is 5.51. The van der Waals surface area contributed by atoms with Gasteiger partial charge in [0.2, 0.25) is 10.0 Å². The normalized spacial score (nSPS) is 23.6. The zero-order chi connectivity index (χ0) is 35.0. The molecule has 0 radical (unpaired) electrons. The topological polar surface area (TPSA) is 135 Å². The first kappa shape index (κ1) is 34.4. The van der Waals surface area contributed by atoms with Crippen LogP contribution in [0.15, 0.2) is 89.8 Å². The Morgan fingerprint density at radius 1 is 0.959 bits per heavy atom. The van der Waals surface area contributed by atoms with Gasteiger partial charge in [-0.1, -0.05) is 66.7 Å². The lowest BCUT2D eigenvalue weighted by atomic mass is 9.86. The predicted molar refractivity (Wildman–Crippen MR) is 181 cm³/mol. The van der Waals surface area contributed by atoms with Crippen molar-refractivity contribution >= 4 is 33.8 Å². The van der Waals surface area contributed by atoms with Gasteiger partial charge in [-0.15, -0.1) is 0 Å². The second-order valence-electron chi connectivity index (χ2n) is 13.4. The highest BCUT2D eigenvalue weighted by Gasteiger charge is 2.68. The van der Waals surface area contributed by atoms with E-state index in [1.54, 1.807) is 75.4 Å². The van der Waals surface area contributed by atoms with E-state index < -0.39 is 51.8 Å². The minimum atomic E-state index is -4.29. The lowest BCUT2D eigenvalue weighted by Crippen LogP contribution is -2.56. The average Bonchev–Trinajstić information content (AvgIpc) is 3.78. The molecule has 260 valence electrons. The second-order valence-corrected chi connectivity index (χ2v) is 15.2. The number of hydrogen-bond acceptors (Lipinski definition) is 8. The van der Waals surface area contributed by atoms with Crippen molar-refractivity contribution in [1.29, 1.82) is 0 Å². The zero-order valence-corrected chi connectivity index (χ0v) is 28.9. The average molecular weight is 691 g/mol. The summed E-state index contributed by atoms with van der Waals surface area (Å²) in [6.07, 6.45) is -1.91. The summed E-state index contributed by atoms with van der Waals surface area (Å²) in [6, 6.07) is 23.5. The van der Waals surface area contributed by atoms with Gasteiger partial charge in [0, 0.05) is 18.7 Å². The van der Waals surface area contributed by atoms with Gasteiger partial charge in [0.25, 0.3) is 5.91 Å². The summed E-state index contributed by atoms with van der Waals surface area (Å²) < 4.78 is 48.6. The van der Waals surface area contributed by atoms with Crippen LogP contribution in [0.2, 0.25) is 0 Å². The summed E-state index contributed by atoms with van der Waals surface area (Å²) in [6.45, 7) is 5.85. The van der Waals surface area contributed by atoms with Crippen LogP contribution >= 0.6 is 0 Å². The van der Waals surface area contributed by atoms with Crippen LogP contribution in [-0.2, 0) is 34.6 Å². The Morgan fingerprint density at radius 2 is 1.61 bits per heavy atom. The van der Waals surface area contributed by atoms with Crippen LogP contribution < -0.4 is 10.2 Å². The summed E-state index contributed by atoms with van der Waals surface area (Å²) >= 11 is 0. The summed E-state index contributed by atoms with van der Waals surface area (Å²) in [5.41, 5.74) is -0.510. The number of carbonyl (C=O) groups excluding carboxylic acids is 3. The second kappa shape index (κ2) is 13.4. The molecule has 3 amide bonds.